The van der Waals surface area contributed by atoms with Crippen molar-refractivity contribution in [3.8, 4) is 5.75 Å². The van der Waals surface area contributed by atoms with Crippen molar-refractivity contribution >= 4 is 22.8 Å². The molecular formula is C20H20N4O2. The van der Waals surface area contributed by atoms with Crippen LogP contribution in [0.1, 0.15) is 10.4 Å². The summed E-state index contributed by atoms with van der Waals surface area (Å²) in [5.41, 5.74) is 2.47. The van der Waals surface area contributed by atoms with Gasteiger partial charge in [0.1, 0.15) is 11.6 Å². The molecule has 6 nitrogen and oxygen atoms in total. The summed E-state index contributed by atoms with van der Waals surface area (Å²) in [6, 6.07) is 15.1. The first kappa shape index (κ1) is 16.3. The number of anilines is 1. The number of para-hydroxylation sites is 2. The number of benzene rings is 2. The number of amides is 1. The van der Waals surface area contributed by atoms with E-state index in [0.29, 0.717) is 18.7 Å². The number of ether oxygens (including phenoxy) is 1. The lowest BCUT2D eigenvalue weighted by Gasteiger charge is -2.35. The van der Waals surface area contributed by atoms with Gasteiger partial charge in [0.05, 0.1) is 24.3 Å². The standard InChI is InChI=1S/C20H20N4O2/c1-26-16-8-6-15(7-9-16)20(25)24-12-10-23(11-13-24)19-14-21-17-4-2-3-5-18(17)22-19/h2-9,14H,10-13H2,1H3. The third kappa shape index (κ3) is 3.18. The second-order valence-electron chi connectivity index (χ2n) is 6.22. The summed E-state index contributed by atoms with van der Waals surface area (Å²) in [5, 5.41) is 0. The number of piperazine rings is 1. The molecule has 0 aliphatic carbocycles. The van der Waals surface area contributed by atoms with Crippen LogP contribution in [0, 0.1) is 0 Å². The van der Waals surface area contributed by atoms with Crippen molar-refractivity contribution in [2.24, 2.45) is 0 Å². The lowest BCUT2D eigenvalue weighted by Crippen LogP contribution is -2.49. The van der Waals surface area contributed by atoms with Gasteiger partial charge in [0.25, 0.3) is 5.91 Å². The Balaban J connectivity index is 1.43. The Morgan fingerprint density at radius 1 is 0.962 bits per heavy atom. The molecule has 1 aliphatic heterocycles. The van der Waals surface area contributed by atoms with Crippen molar-refractivity contribution in [1.82, 2.24) is 14.9 Å². The summed E-state index contributed by atoms with van der Waals surface area (Å²) in [6.45, 7) is 2.82. The van der Waals surface area contributed by atoms with Gasteiger partial charge in [-0.05, 0) is 36.4 Å². The van der Waals surface area contributed by atoms with E-state index in [2.05, 4.69) is 9.88 Å². The molecule has 1 aromatic heterocycles. The Kier molecular flexibility index (Phi) is 4.39. The van der Waals surface area contributed by atoms with Gasteiger partial charge in [0, 0.05) is 31.7 Å². The molecule has 1 saturated heterocycles. The minimum absolute atomic E-state index is 0.0527. The van der Waals surface area contributed by atoms with Gasteiger partial charge in [-0.2, -0.15) is 0 Å². The normalized spacial score (nSPS) is 14.5. The van der Waals surface area contributed by atoms with Crippen LogP contribution in [0.15, 0.2) is 54.7 Å². The smallest absolute Gasteiger partial charge is 0.253 e. The first-order chi connectivity index (χ1) is 12.7. The first-order valence-corrected chi connectivity index (χ1v) is 8.65. The van der Waals surface area contributed by atoms with Gasteiger partial charge < -0.3 is 14.5 Å². The number of hydrogen-bond acceptors (Lipinski definition) is 5. The number of nitrogens with zero attached hydrogens (tertiary/aromatic N) is 4. The molecule has 2 aromatic carbocycles. The third-order valence-corrected chi connectivity index (χ3v) is 4.66. The van der Waals surface area contributed by atoms with Crippen LogP contribution in [-0.4, -0.2) is 54.1 Å². The second kappa shape index (κ2) is 7.00. The number of carbonyl (C=O) groups excluding carboxylic acids is 1. The van der Waals surface area contributed by atoms with Crippen molar-refractivity contribution in [1.29, 1.82) is 0 Å². The molecule has 0 saturated carbocycles. The van der Waals surface area contributed by atoms with E-state index in [-0.39, 0.29) is 5.91 Å². The van der Waals surface area contributed by atoms with E-state index in [9.17, 15) is 4.79 Å². The van der Waals surface area contributed by atoms with Crippen LogP contribution in [0.25, 0.3) is 11.0 Å². The van der Waals surface area contributed by atoms with E-state index < -0.39 is 0 Å². The third-order valence-electron chi connectivity index (χ3n) is 4.66. The maximum Gasteiger partial charge on any atom is 0.253 e. The Morgan fingerprint density at radius 3 is 2.35 bits per heavy atom. The lowest BCUT2D eigenvalue weighted by molar-refractivity contribution is 0.0746. The summed E-state index contributed by atoms with van der Waals surface area (Å²) in [4.78, 5) is 25.9. The van der Waals surface area contributed by atoms with E-state index in [0.717, 1.165) is 35.7 Å². The fraction of sp³-hybridized carbons (Fsp3) is 0.250. The maximum atomic E-state index is 12.7. The summed E-state index contributed by atoms with van der Waals surface area (Å²) in [5.74, 6) is 1.67. The molecule has 0 bridgehead atoms. The molecule has 1 aliphatic rings. The number of rotatable bonds is 3. The van der Waals surface area contributed by atoms with E-state index in [1.54, 1.807) is 7.11 Å². The van der Waals surface area contributed by atoms with Crippen molar-refractivity contribution in [2.45, 2.75) is 0 Å². The van der Waals surface area contributed by atoms with Crippen molar-refractivity contribution in [3.05, 3.63) is 60.3 Å². The van der Waals surface area contributed by atoms with Gasteiger partial charge in [-0.3, -0.25) is 9.78 Å². The second-order valence-corrected chi connectivity index (χ2v) is 6.22. The monoisotopic (exact) mass is 348 g/mol. The zero-order valence-electron chi connectivity index (χ0n) is 14.6. The molecule has 6 heteroatoms. The minimum Gasteiger partial charge on any atom is -0.497 e. The fourth-order valence-electron chi connectivity index (χ4n) is 3.15. The number of methoxy groups -OCH3 is 1. The van der Waals surface area contributed by atoms with Crippen LogP contribution >= 0.6 is 0 Å². The predicted octanol–water partition coefficient (Wildman–Crippen LogP) is 2.60. The molecular weight excluding hydrogens is 328 g/mol. The van der Waals surface area contributed by atoms with Crippen LogP contribution < -0.4 is 9.64 Å². The van der Waals surface area contributed by atoms with Crippen molar-refractivity contribution in [2.75, 3.05) is 38.2 Å². The lowest BCUT2D eigenvalue weighted by atomic mass is 10.1. The average molecular weight is 348 g/mol. The van der Waals surface area contributed by atoms with E-state index in [1.807, 2.05) is 59.6 Å². The number of hydrogen-bond donors (Lipinski definition) is 0. The zero-order chi connectivity index (χ0) is 17.9. The van der Waals surface area contributed by atoms with Gasteiger partial charge in [-0.25, -0.2) is 4.98 Å². The SMILES string of the molecule is COc1ccc(C(=O)N2CCN(c3cnc4ccccc4n3)CC2)cc1. The summed E-state index contributed by atoms with van der Waals surface area (Å²) < 4.78 is 5.14. The topological polar surface area (TPSA) is 58.6 Å². The van der Waals surface area contributed by atoms with E-state index in [1.165, 1.54) is 0 Å². The summed E-state index contributed by atoms with van der Waals surface area (Å²) in [6.07, 6.45) is 1.81. The molecule has 0 spiro atoms. The zero-order valence-corrected chi connectivity index (χ0v) is 14.6. The number of fused-ring (bicyclic) bond motifs is 1. The maximum absolute atomic E-state index is 12.7. The molecule has 1 fully saturated rings. The van der Waals surface area contributed by atoms with Crippen LogP contribution in [0.5, 0.6) is 5.75 Å². The highest BCUT2D eigenvalue weighted by molar-refractivity contribution is 5.94. The Labute approximate surface area is 152 Å². The molecule has 132 valence electrons. The highest BCUT2D eigenvalue weighted by Gasteiger charge is 2.23. The summed E-state index contributed by atoms with van der Waals surface area (Å²) >= 11 is 0. The van der Waals surface area contributed by atoms with Crippen LogP contribution in [0.3, 0.4) is 0 Å². The van der Waals surface area contributed by atoms with E-state index >= 15 is 0 Å². The number of aromatic nitrogens is 2. The van der Waals surface area contributed by atoms with Gasteiger partial charge in [-0.15, -0.1) is 0 Å². The van der Waals surface area contributed by atoms with Gasteiger partial charge in [-0.1, -0.05) is 12.1 Å². The molecule has 1 amide bonds. The molecule has 0 radical (unpaired) electrons. The van der Waals surface area contributed by atoms with Crippen molar-refractivity contribution in [3.63, 3.8) is 0 Å². The molecule has 0 unspecified atom stereocenters. The first-order valence-electron chi connectivity index (χ1n) is 8.65. The largest absolute Gasteiger partial charge is 0.497 e. The molecule has 3 aromatic rings. The van der Waals surface area contributed by atoms with Crippen LogP contribution in [0.4, 0.5) is 5.82 Å². The quantitative estimate of drug-likeness (QED) is 0.728. The average Bonchev–Trinajstić information content (AvgIpc) is 2.73. The van der Waals surface area contributed by atoms with Gasteiger partial charge >= 0.3 is 0 Å². The fourth-order valence-corrected chi connectivity index (χ4v) is 3.15. The summed E-state index contributed by atoms with van der Waals surface area (Å²) in [7, 11) is 1.62. The van der Waals surface area contributed by atoms with Gasteiger partial charge in [0.15, 0.2) is 0 Å². The molecule has 26 heavy (non-hydrogen) atoms. The molecule has 0 N–H and O–H groups in total. The Morgan fingerprint density at radius 2 is 1.65 bits per heavy atom. The molecule has 2 heterocycles. The highest BCUT2D eigenvalue weighted by atomic mass is 16.5. The van der Waals surface area contributed by atoms with E-state index in [4.69, 9.17) is 9.72 Å². The van der Waals surface area contributed by atoms with Crippen LogP contribution in [-0.2, 0) is 0 Å². The molecule has 4 rings (SSSR count). The predicted molar refractivity (Wildman–Crippen MR) is 101 cm³/mol. The Bertz CT molecular complexity index is 919. The minimum atomic E-state index is 0.0527. The van der Waals surface area contributed by atoms with Crippen molar-refractivity contribution < 1.29 is 9.53 Å². The van der Waals surface area contributed by atoms with Crippen LogP contribution in [0.2, 0.25) is 0 Å². The molecule has 0 atom stereocenters. The highest BCUT2D eigenvalue weighted by Crippen LogP contribution is 2.18. The van der Waals surface area contributed by atoms with Gasteiger partial charge in [0.2, 0.25) is 0 Å². The Hall–Kier alpha value is -3.15. The number of carbonyl (C=O) groups is 1.